The summed E-state index contributed by atoms with van der Waals surface area (Å²) in [4.78, 5) is 30.5. The van der Waals surface area contributed by atoms with Crippen molar-refractivity contribution in [3.63, 3.8) is 0 Å². The molecule has 4 rings (SSSR count). The standard InChI is InChI=1S/C23H25N5O3/c1-16-9-11-28(26-16)12-10-22(29)27-13-14-31-21(15-27)20-4-2-3-19(25-20)17-5-7-18(8-6-17)23(24)30/h2-9,11,21H,10,12-15H2,1H3,(H2,24,30)/t21-/m1/s1. The van der Waals surface area contributed by atoms with Crippen molar-refractivity contribution in [2.45, 2.75) is 26.0 Å². The van der Waals surface area contributed by atoms with Gasteiger partial charge in [0.2, 0.25) is 11.8 Å². The first-order valence-corrected chi connectivity index (χ1v) is 10.3. The first-order chi connectivity index (χ1) is 15.0. The highest BCUT2D eigenvalue weighted by Crippen LogP contribution is 2.25. The molecule has 0 saturated carbocycles. The van der Waals surface area contributed by atoms with Gasteiger partial charge in [-0.15, -0.1) is 0 Å². The fourth-order valence-electron chi connectivity index (χ4n) is 3.61. The van der Waals surface area contributed by atoms with E-state index in [1.54, 1.807) is 16.8 Å². The van der Waals surface area contributed by atoms with E-state index >= 15 is 0 Å². The second kappa shape index (κ2) is 9.09. The van der Waals surface area contributed by atoms with Crippen molar-refractivity contribution in [2.75, 3.05) is 19.7 Å². The quantitative estimate of drug-likeness (QED) is 0.661. The zero-order chi connectivity index (χ0) is 21.8. The fourth-order valence-corrected chi connectivity index (χ4v) is 3.61. The summed E-state index contributed by atoms with van der Waals surface area (Å²) in [6.45, 7) is 3.99. The van der Waals surface area contributed by atoms with E-state index in [0.29, 0.717) is 38.2 Å². The number of morpholine rings is 1. The number of ether oxygens (including phenoxy) is 1. The van der Waals surface area contributed by atoms with Gasteiger partial charge in [0, 0.05) is 36.8 Å². The Hall–Kier alpha value is -3.52. The van der Waals surface area contributed by atoms with Gasteiger partial charge in [-0.2, -0.15) is 5.10 Å². The van der Waals surface area contributed by atoms with E-state index in [0.717, 1.165) is 22.6 Å². The molecule has 8 nitrogen and oxygen atoms in total. The maximum Gasteiger partial charge on any atom is 0.248 e. The van der Waals surface area contributed by atoms with Crippen molar-refractivity contribution < 1.29 is 14.3 Å². The molecule has 1 aliphatic heterocycles. The number of aryl methyl sites for hydroxylation is 2. The molecule has 31 heavy (non-hydrogen) atoms. The average Bonchev–Trinajstić information content (AvgIpc) is 3.23. The minimum atomic E-state index is -0.462. The number of carbonyl (C=O) groups excluding carboxylic acids is 2. The van der Waals surface area contributed by atoms with Gasteiger partial charge in [-0.25, -0.2) is 4.98 Å². The maximum absolute atomic E-state index is 12.7. The van der Waals surface area contributed by atoms with Gasteiger partial charge in [-0.05, 0) is 37.3 Å². The van der Waals surface area contributed by atoms with E-state index in [-0.39, 0.29) is 12.0 Å². The lowest BCUT2D eigenvalue weighted by molar-refractivity contribution is -0.139. The van der Waals surface area contributed by atoms with Crippen LogP contribution in [0.3, 0.4) is 0 Å². The smallest absolute Gasteiger partial charge is 0.248 e. The lowest BCUT2D eigenvalue weighted by Gasteiger charge is -2.33. The monoisotopic (exact) mass is 419 g/mol. The Balaban J connectivity index is 1.42. The summed E-state index contributed by atoms with van der Waals surface area (Å²) < 4.78 is 7.71. The molecule has 1 saturated heterocycles. The van der Waals surface area contributed by atoms with Crippen LogP contribution in [0.4, 0.5) is 0 Å². The molecule has 1 atom stereocenters. The molecular weight excluding hydrogens is 394 g/mol. The summed E-state index contributed by atoms with van der Waals surface area (Å²) >= 11 is 0. The second-order valence-corrected chi connectivity index (χ2v) is 7.56. The second-order valence-electron chi connectivity index (χ2n) is 7.56. The van der Waals surface area contributed by atoms with Crippen LogP contribution in [0.2, 0.25) is 0 Å². The molecule has 1 fully saturated rings. The zero-order valence-electron chi connectivity index (χ0n) is 17.4. The predicted octanol–water partition coefficient (Wildman–Crippen LogP) is 2.34. The normalized spacial score (nSPS) is 16.3. The SMILES string of the molecule is Cc1ccn(CCC(=O)N2CCO[C@@H](c3cccc(-c4ccc(C(N)=O)cc4)n3)C2)n1. The lowest BCUT2D eigenvalue weighted by atomic mass is 10.1. The Morgan fingerprint density at radius 2 is 1.97 bits per heavy atom. The van der Waals surface area contributed by atoms with Crippen molar-refractivity contribution in [3.8, 4) is 11.3 Å². The van der Waals surface area contributed by atoms with Crippen LogP contribution in [0.25, 0.3) is 11.3 Å². The Morgan fingerprint density at radius 1 is 1.16 bits per heavy atom. The predicted molar refractivity (Wildman–Crippen MR) is 115 cm³/mol. The molecular formula is C23H25N5O3. The highest BCUT2D eigenvalue weighted by Gasteiger charge is 2.26. The van der Waals surface area contributed by atoms with Crippen molar-refractivity contribution in [1.82, 2.24) is 19.7 Å². The number of primary amides is 1. The number of pyridine rings is 1. The number of hydrogen-bond acceptors (Lipinski definition) is 5. The molecule has 2 amide bonds. The van der Waals surface area contributed by atoms with Gasteiger partial charge in [-0.3, -0.25) is 14.3 Å². The number of aromatic nitrogens is 3. The van der Waals surface area contributed by atoms with Crippen LogP contribution < -0.4 is 5.73 Å². The van der Waals surface area contributed by atoms with Crippen LogP contribution in [0.15, 0.2) is 54.7 Å². The fraction of sp³-hybridized carbons (Fsp3) is 0.304. The minimum absolute atomic E-state index is 0.0830. The molecule has 8 heteroatoms. The third kappa shape index (κ3) is 4.97. The van der Waals surface area contributed by atoms with Gasteiger partial charge < -0.3 is 15.4 Å². The summed E-state index contributed by atoms with van der Waals surface area (Å²) in [6.07, 6.45) is 2.00. The van der Waals surface area contributed by atoms with Gasteiger partial charge in [0.05, 0.1) is 30.2 Å². The van der Waals surface area contributed by atoms with Crippen LogP contribution >= 0.6 is 0 Å². The molecule has 0 radical (unpaired) electrons. The molecule has 0 aliphatic carbocycles. The molecule has 160 valence electrons. The van der Waals surface area contributed by atoms with Crippen molar-refractivity contribution >= 4 is 11.8 Å². The molecule has 3 aromatic rings. The van der Waals surface area contributed by atoms with E-state index in [1.807, 2.05) is 54.4 Å². The third-order valence-corrected chi connectivity index (χ3v) is 5.31. The van der Waals surface area contributed by atoms with Crippen LogP contribution in [0.1, 0.15) is 34.3 Å². The highest BCUT2D eigenvalue weighted by molar-refractivity contribution is 5.93. The molecule has 1 aliphatic rings. The largest absolute Gasteiger partial charge is 0.368 e. The van der Waals surface area contributed by atoms with Crippen LogP contribution in [-0.4, -0.2) is 51.2 Å². The third-order valence-electron chi connectivity index (χ3n) is 5.31. The van der Waals surface area contributed by atoms with Gasteiger partial charge in [0.15, 0.2) is 0 Å². The minimum Gasteiger partial charge on any atom is -0.368 e. The van der Waals surface area contributed by atoms with Crippen molar-refractivity contribution in [3.05, 3.63) is 71.7 Å². The molecule has 0 bridgehead atoms. The van der Waals surface area contributed by atoms with E-state index < -0.39 is 5.91 Å². The van der Waals surface area contributed by atoms with E-state index in [2.05, 4.69) is 5.10 Å². The van der Waals surface area contributed by atoms with E-state index in [1.165, 1.54) is 0 Å². The Labute approximate surface area is 180 Å². The molecule has 2 N–H and O–H groups in total. The van der Waals surface area contributed by atoms with E-state index in [4.69, 9.17) is 15.5 Å². The number of nitrogens with zero attached hydrogens (tertiary/aromatic N) is 4. The van der Waals surface area contributed by atoms with Gasteiger partial charge in [-0.1, -0.05) is 18.2 Å². The average molecular weight is 419 g/mol. The Kier molecular flexibility index (Phi) is 6.08. The summed E-state index contributed by atoms with van der Waals surface area (Å²) in [5, 5.41) is 4.33. The van der Waals surface area contributed by atoms with Crippen molar-refractivity contribution in [2.24, 2.45) is 5.73 Å². The lowest BCUT2D eigenvalue weighted by Crippen LogP contribution is -2.42. The first kappa shape index (κ1) is 20.7. The Morgan fingerprint density at radius 3 is 2.68 bits per heavy atom. The van der Waals surface area contributed by atoms with Crippen LogP contribution in [0, 0.1) is 6.92 Å². The highest BCUT2D eigenvalue weighted by atomic mass is 16.5. The van der Waals surface area contributed by atoms with Crippen LogP contribution in [0.5, 0.6) is 0 Å². The Bertz CT molecular complexity index is 1080. The first-order valence-electron chi connectivity index (χ1n) is 10.3. The molecule has 0 spiro atoms. The summed E-state index contributed by atoms with van der Waals surface area (Å²) in [5.41, 5.74) is 9.13. The number of rotatable bonds is 6. The number of amides is 2. The number of nitrogens with two attached hydrogens (primary N) is 1. The number of hydrogen-bond donors (Lipinski definition) is 1. The summed E-state index contributed by atoms with van der Waals surface area (Å²) in [7, 11) is 0. The van der Waals surface area contributed by atoms with Crippen LogP contribution in [-0.2, 0) is 16.1 Å². The molecule has 3 heterocycles. The molecule has 1 aromatic carbocycles. The number of carbonyl (C=O) groups is 2. The van der Waals surface area contributed by atoms with Gasteiger partial charge >= 0.3 is 0 Å². The zero-order valence-corrected chi connectivity index (χ0v) is 17.4. The van der Waals surface area contributed by atoms with Gasteiger partial charge in [0.25, 0.3) is 0 Å². The van der Waals surface area contributed by atoms with E-state index in [9.17, 15) is 9.59 Å². The molecule has 0 unspecified atom stereocenters. The topological polar surface area (TPSA) is 103 Å². The summed E-state index contributed by atoms with van der Waals surface area (Å²) in [5.74, 6) is -0.379. The summed E-state index contributed by atoms with van der Waals surface area (Å²) in [6, 6.07) is 14.7. The molecule has 2 aromatic heterocycles. The van der Waals surface area contributed by atoms with Crippen molar-refractivity contribution in [1.29, 1.82) is 0 Å². The van der Waals surface area contributed by atoms with Gasteiger partial charge in [0.1, 0.15) is 6.10 Å². The number of benzene rings is 1. The maximum atomic E-state index is 12.7.